The molecule has 0 saturated carbocycles. The molecular formula is C12H11N3O4. The van der Waals surface area contributed by atoms with Gasteiger partial charge in [0.15, 0.2) is 0 Å². The van der Waals surface area contributed by atoms with Crippen molar-refractivity contribution in [2.45, 2.75) is 6.54 Å². The van der Waals surface area contributed by atoms with Crippen LogP contribution in [0.3, 0.4) is 0 Å². The summed E-state index contributed by atoms with van der Waals surface area (Å²) in [5.74, 6) is 1.11. The zero-order chi connectivity index (χ0) is 13.8. The van der Waals surface area contributed by atoms with Gasteiger partial charge in [-0.15, -0.1) is 0 Å². The van der Waals surface area contributed by atoms with Gasteiger partial charge in [-0.1, -0.05) is 0 Å². The van der Waals surface area contributed by atoms with E-state index in [0.29, 0.717) is 11.5 Å². The Hall–Kier alpha value is -2.83. The molecule has 0 saturated heterocycles. The van der Waals surface area contributed by atoms with E-state index in [0.717, 1.165) is 5.56 Å². The van der Waals surface area contributed by atoms with Gasteiger partial charge in [0.2, 0.25) is 0 Å². The number of nitrogens with zero attached hydrogens (tertiary/aromatic N) is 1. The largest absolute Gasteiger partial charge is 0.459 e. The van der Waals surface area contributed by atoms with Crippen LogP contribution in [-0.4, -0.2) is 11.0 Å². The second kappa shape index (κ2) is 5.21. The fraction of sp³-hybridized carbons (Fsp3) is 0.0833. The van der Waals surface area contributed by atoms with Crippen molar-refractivity contribution in [2.24, 2.45) is 5.73 Å². The van der Waals surface area contributed by atoms with E-state index in [9.17, 15) is 14.9 Å². The maximum absolute atomic E-state index is 10.6. The van der Waals surface area contributed by atoms with Crippen LogP contribution in [0.4, 0.5) is 10.5 Å². The minimum Gasteiger partial charge on any atom is -0.459 e. The highest BCUT2D eigenvalue weighted by molar-refractivity contribution is 5.71. The molecule has 0 aliphatic rings. The fourth-order valence-electron chi connectivity index (χ4n) is 1.55. The minimum atomic E-state index is -0.631. The number of hydrogen-bond donors (Lipinski definition) is 2. The number of furan rings is 1. The molecule has 19 heavy (non-hydrogen) atoms. The average molecular weight is 261 g/mol. The van der Waals surface area contributed by atoms with Crippen molar-refractivity contribution >= 4 is 11.7 Å². The lowest BCUT2D eigenvalue weighted by Crippen LogP contribution is -2.28. The van der Waals surface area contributed by atoms with Gasteiger partial charge in [0.25, 0.3) is 5.69 Å². The van der Waals surface area contributed by atoms with Crippen LogP contribution in [0.5, 0.6) is 0 Å². The van der Waals surface area contributed by atoms with E-state index in [1.165, 1.54) is 12.1 Å². The number of non-ortho nitro benzene ring substituents is 1. The molecule has 2 rings (SSSR count). The van der Waals surface area contributed by atoms with Crippen molar-refractivity contribution in [3.8, 4) is 11.3 Å². The van der Waals surface area contributed by atoms with Crippen LogP contribution < -0.4 is 11.1 Å². The molecule has 7 nitrogen and oxygen atoms in total. The summed E-state index contributed by atoms with van der Waals surface area (Å²) in [5.41, 5.74) is 5.69. The number of urea groups is 1. The highest BCUT2D eigenvalue weighted by Gasteiger charge is 2.08. The SMILES string of the molecule is NC(=O)NCc1ccc(-c2ccc([N+](=O)[O-])cc2)o1. The molecule has 0 fully saturated rings. The number of primary amides is 1. The summed E-state index contributed by atoms with van der Waals surface area (Å²) in [4.78, 5) is 20.6. The number of nitrogens with two attached hydrogens (primary N) is 1. The lowest BCUT2D eigenvalue weighted by molar-refractivity contribution is -0.384. The topological polar surface area (TPSA) is 111 Å². The van der Waals surface area contributed by atoms with Crippen molar-refractivity contribution in [2.75, 3.05) is 0 Å². The van der Waals surface area contributed by atoms with Crippen molar-refractivity contribution in [3.05, 3.63) is 52.3 Å². The normalized spacial score (nSPS) is 10.1. The Morgan fingerprint density at radius 3 is 2.53 bits per heavy atom. The number of benzene rings is 1. The van der Waals surface area contributed by atoms with Gasteiger partial charge in [0.05, 0.1) is 11.5 Å². The van der Waals surface area contributed by atoms with Gasteiger partial charge < -0.3 is 15.5 Å². The third-order valence-corrected chi connectivity index (χ3v) is 2.46. The first-order chi connectivity index (χ1) is 9.06. The number of carbonyl (C=O) groups is 1. The molecule has 1 heterocycles. The molecule has 1 aromatic carbocycles. The fourth-order valence-corrected chi connectivity index (χ4v) is 1.55. The van der Waals surface area contributed by atoms with Gasteiger partial charge in [0, 0.05) is 17.7 Å². The van der Waals surface area contributed by atoms with Crippen molar-refractivity contribution in [1.29, 1.82) is 0 Å². The smallest absolute Gasteiger partial charge is 0.312 e. The monoisotopic (exact) mass is 261 g/mol. The first kappa shape index (κ1) is 12.6. The second-order valence-corrected chi connectivity index (χ2v) is 3.79. The van der Waals surface area contributed by atoms with Crippen LogP contribution in [-0.2, 0) is 6.54 Å². The number of amides is 2. The third kappa shape index (κ3) is 3.09. The molecule has 0 atom stereocenters. The number of hydrogen-bond acceptors (Lipinski definition) is 4. The number of nitro benzene ring substituents is 1. The summed E-state index contributed by atoms with van der Waals surface area (Å²) in [6.07, 6.45) is 0. The van der Waals surface area contributed by atoms with Gasteiger partial charge >= 0.3 is 6.03 Å². The molecule has 0 aliphatic heterocycles. The van der Waals surface area contributed by atoms with Gasteiger partial charge in [0.1, 0.15) is 11.5 Å². The summed E-state index contributed by atoms with van der Waals surface area (Å²) >= 11 is 0. The van der Waals surface area contributed by atoms with Gasteiger partial charge in [-0.3, -0.25) is 10.1 Å². The number of nitro groups is 1. The van der Waals surface area contributed by atoms with Crippen molar-refractivity contribution in [3.63, 3.8) is 0 Å². The Bertz CT molecular complexity index is 604. The van der Waals surface area contributed by atoms with E-state index in [2.05, 4.69) is 5.32 Å². The Morgan fingerprint density at radius 2 is 1.95 bits per heavy atom. The van der Waals surface area contributed by atoms with Crippen LogP contribution >= 0.6 is 0 Å². The molecular weight excluding hydrogens is 250 g/mol. The van der Waals surface area contributed by atoms with Crippen LogP contribution in [0, 0.1) is 10.1 Å². The Kier molecular flexibility index (Phi) is 3.46. The summed E-state index contributed by atoms with van der Waals surface area (Å²) in [7, 11) is 0. The summed E-state index contributed by atoms with van der Waals surface area (Å²) in [6, 6.07) is 8.79. The standard InChI is InChI=1S/C12H11N3O4/c13-12(16)14-7-10-5-6-11(19-10)8-1-3-9(4-2-8)15(17)18/h1-6H,7H2,(H3,13,14,16). The van der Waals surface area contributed by atoms with Crippen molar-refractivity contribution < 1.29 is 14.1 Å². The maximum atomic E-state index is 10.6. The van der Waals surface area contributed by atoms with Crippen LogP contribution in [0.15, 0.2) is 40.8 Å². The molecule has 1 aromatic heterocycles. The molecule has 0 spiro atoms. The first-order valence-corrected chi connectivity index (χ1v) is 5.43. The van der Waals surface area contributed by atoms with Gasteiger partial charge in [-0.2, -0.15) is 0 Å². The number of rotatable bonds is 4. The van der Waals surface area contributed by atoms with E-state index < -0.39 is 11.0 Å². The van der Waals surface area contributed by atoms with Crippen LogP contribution in [0.1, 0.15) is 5.76 Å². The van der Waals surface area contributed by atoms with Crippen LogP contribution in [0.2, 0.25) is 0 Å². The second-order valence-electron chi connectivity index (χ2n) is 3.79. The van der Waals surface area contributed by atoms with E-state index in [1.807, 2.05) is 0 Å². The summed E-state index contributed by atoms with van der Waals surface area (Å²) < 4.78 is 5.48. The molecule has 2 amide bonds. The Morgan fingerprint density at radius 1 is 1.26 bits per heavy atom. The molecule has 2 aromatic rings. The van der Waals surface area contributed by atoms with E-state index >= 15 is 0 Å². The van der Waals surface area contributed by atoms with E-state index in [1.54, 1.807) is 24.3 Å². The third-order valence-electron chi connectivity index (χ3n) is 2.46. The molecule has 7 heteroatoms. The lowest BCUT2D eigenvalue weighted by atomic mass is 10.1. The highest BCUT2D eigenvalue weighted by Crippen LogP contribution is 2.24. The lowest BCUT2D eigenvalue weighted by Gasteiger charge is -1.99. The molecule has 0 bridgehead atoms. The van der Waals surface area contributed by atoms with E-state index in [-0.39, 0.29) is 12.2 Å². The minimum absolute atomic E-state index is 0.0194. The van der Waals surface area contributed by atoms with E-state index in [4.69, 9.17) is 10.2 Å². The highest BCUT2D eigenvalue weighted by atomic mass is 16.6. The molecule has 0 aliphatic carbocycles. The predicted molar refractivity (Wildman–Crippen MR) is 67.2 cm³/mol. The molecule has 0 radical (unpaired) electrons. The predicted octanol–water partition coefficient (Wildman–Crippen LogP) is 2.02. The number of carbonyl (C=O) groups excluding carboxylic acids is 1. The molecule has 0 unspecified atom stereocenters. The van der Waals surface area contributed by atoms with Crippen molar-refractivity contribution in [1.82, 2.24) is 5.32 Å². The van der Waals surface area contributed by atoms with Gasteiger partial charge in [-0.05, 0) is 24.3 Å². The van der Waals surface area contributed by atoms with Gasteiger partial charge in [-0.25, -0.2) is 4.79 Å². The molecule has 3 N–H and O–H groups in total. The summed E-state index contributed by atoms with van der Waals surface area (Å²) in [6.45, 7) is 0.197. The summed E-state index contributed by atoms with van der Waals surface area (Å²) in [5, 5.41) is 12.9. The number of nitrogens with one attached hydrogen (secondary N) is 1. The Labute approximate surface area is 108 Å². The zero-order valence-corrected chi connectivity index (χ0v) is 9.83. The quantitative estimate of drug-likeness (QED) is 0.647. The van der Waals surface area contributed by atoms with Crippen LogP contribution in [0.25, 0.3) is 11.3 Å². The maximum Gasteiger partial charge on any atom is 0.312 e. The average Bonchev–Trinajstić information content (AvgIpc) is 2.85. The Balaban J connectivity index is 2.13. The zero-order valence-electron chi connectivity index (χ0n) is 9.83. The molecule has 98 valence electrons. The first-order valence-electron chi connectivity index (χ1n) is 5.43.